The Balaban J connectivity index is 3.32. The van der Waals surface area contributed by atoms with Crippen molar-refractivity contribution in [3.05, 3.63) is 23.3 Å². The molecule has 1 rings (SSSR count). The fourth-order valence-electron chi connectivity index (χ4n) is 1.84. The number of rotatable bonds is 4. The Labute approximate surface area is 109 Å². The molecule has 0 fully saturated rings. The summed E-state index contributed by atoms with van der Waals surface area (Å²) in [5.41, 5.74) is 1.47. The van der Waals surface area contributed by atoms with Gasteiger partial charge in [-0.1, -0.05) is 20.8 Å². The predicted molar refractivity (Wildman–Crippen MR) is 72.2 cm³/mol. The molecular formula is C14H23NO3. The van der Waals surface area contributed by atoms with Crippen LogP contribution in [-0.2, 0) is 5.41 Å². The molecule has 1 aromatic carbocycles. The van der Waals surface area contributed by atoms with Crippen LogP contribution in [0.3, 0.4) is 0 Å². The van der Waals surface area contributed by atoms with Crippen molar-refractivity contribution in [3.8, 4) is 11.5 Å². The molecule has 0 aromatic heterocycles. The number of methoxy groups -OCH3 is 1. The summed E-state index contributed by atoms with van der Waals surface area (Å²) in [4.78, 5) is 0. The van der Waals surface area contributed by atoms with Crippen LogP contribution in [0.5, 0.6) is 11.5 Å². The van der Waals surface area contributed by atoms with Crippen molar-refractivity contribution >= 4 is 0 Å². The summed E-state index contributed by atoms with van der Waals surface area (Å²) >= 11 is 0. The Morgan fingerprint density at radius 1 is 1.33 bits per heavy atom. The highest BCUT2D eigenvalue weighted by Crippen LogP contribution is 2.38. The second kappa shape index (κ2) is 5.59. The maximum Gasteiger partial charge on any atom is 0.166 e. The lowest BCUT2D eigenvalue weighted by Crippen LogP contribution is -2.19. The fraction of sp³-hybridized carbons (Fsp3) is 0.571. The van der Waals surface area contributed by atoms with Crippen molar-refractivity contribution in [2.45, 2.75) is 32.3 Å². The van der Waals surface area contributed by atoms with Gasteiger partial charge in [0.05, 0.1) is 13.2 Å². The van der Waals surface area contributed by atoms with Gasteiger partial charge >= 0.3 is 0 Å². The number of phenolic OH excluding ortho intramolecular Hbond substituents is 1. The van der Waals surface area contributed by atoms with Crippen LogP contribution in [0.25, 0.3) is 0 Å². The van der Waals surface area contributed by atoms with Crippen LogP contribution in [0.1, 0.15) is 38.0 Å². The van der Waals surface area contributed by atoms with Gasteiger partial charge in [0.2, 0.25) is 0 Å². The minimum atomic E-state index is -0.710. The SMILES string of the molecule is CNCC(O)c1cc(C(C)(C)C)cc(O)c1OC. The summed E-state index contributed by atoms with van der Waals surface area (Å²) in [6.07, 6.45) is -0.710. The average Bonchev–Trinajstić information content (AvgIpc) is 2.27. The summed E-state index contributed by atoms with van der Waals surface area (Å²) in [6.45, 7) is 6.58. The van der Waals surface area contributed by atoms with E-state index in [2.05, 4.69) is 26.1 Å². The van der Waals surface area contributed by atoms with Crippen LogP contribution in [0, 0.1) is 0 Å². The molecule has 0 spiro atoms. The van der Waals surface area contributed by atoms with Gasteiger partial charge in [0.15, 0.2) is 11.5 Å². The maximum atomic E-state index is 10.1. The Bertz CT molecular complexity index is 410. The third-order valence-electron chi connectivity index (χ3n) is 2.92. The number of aliphatic hydroxyl groups excluding tert-OH is 1. The molecule has 18 heavy (non-hydrogen) atoms. The first-order valence-corrected chi connectivity index (χ1v) is 6.05. The molecule has 0 saturated heterocycles. The normalized spacial score (nSPS) is 13.4. The number of nitrogens with one attached hydrogen (secondary N) is 1. The monoisotopic (exact) mass is 253 g/mol. The van der Waals surface area contributed by atoms with E-state index in [1.54, 1.807) is 13.1 Å². The molecule has 0 radical (unpaired) electrons. The van der Waals surface area contributed by atoms with Gasteiger partial charge in [0.1, 0.15) is 0 Å². The lowest BCUT2D eigenvalue weighted by atomic mass is 9.85. The zero-order valence-corrected chi connectivity index (χ0v) is 11.7. The molecule has 102 valence electrons. The van der Waals surface area contributed by atoms with Crippen molar-refractivity contribution in [3.63, 3.8) is 0 Å². The van der Waals surface area contributed by atoms with Crippen LogP contribution in [0.2, 0.25) is 0 Å². The van der Waals surface area contributed by atoms with Crippen molar-refractivity contribution in [1.82, 2.24) is 5.32 Å². The molecule has 1 aromatic rings. The zero-order valence-electron chi connectivity index (χ0n) is 11.7. The number of hydrogen-bond donors (Lipinski definition) is 3. The third-order valence-corrected chi connectivity index (χ3v) is 2.92. The van der Waals surface area contributed by atoms with E-state index in [4.69, 9.17) is 4.74 Å². The molecule has 1 atom stereocenters. The van der Waals surface area contributed by atoms with Gasteiger partial charge in [-0.2, -0.15) is 0 Å². The summed E-state index contributed by atoms with van der Waals surface area (Å²) < 4.78 is 5.17. The number of ether oxygens (including phenoxy) is 1. The number of hydrogen-bond acceptors (Lipinski definition) is 4. The molecule has 3 N–H and O–H groups in total. The molecule has 1 unspecified atom stereocenters. The molecular weight excluding hydrogens is 230 g/mol. The lowest BCUT2D eigenvalue weighted by molar-refractivity contribution is 0.172. The van der Waals surface area contributed by atoms with Gasteiger partial charge in [-0.3, -0.25) is 0 Å². The largest absolute Gasteiger partial charge is 0.504 e. The minimum absolute atomic E-state index is 0.0649. The summed E-state index contributed by atoms with van der Waals surface area (Å²) in [5, 5.41) is 23.0. The number of aromatic hydroxyl groups is 1. The second-order valence-corrected chi connectivity index (χ2v) is 5.44. The highest BCUT2D eigenvalue weighted by molar-refractivity contribution is 5.51. The molecule has 0 saturated carbocycles. The average molecular weight is 253 g/mol. The molecule has 0 amide bonds. The van der Waals surface area contributed by atoms with E-state index < -0.39 is 6.10 Å². The standard InChI is InChI=1S/C14H23NO3/c1-14(2,3)9-6-10(12(17)8-15-4)13(18-5)11(16)7-9/h6-7,12,15-17H,8H2,1-5H3. The molecule has 4 heteroatoms. The summed E-state index contributed by atoms with van der Waals surface area (Å²) in [5.74, 6) is 0.404. The molecule has 0 bridgehead atoms. The van der Waals surface area contributed by atoms with E-state index in [9.17, 15) is 10.2 Å². The minimum Gasteiger partial charge on any atom is -0.504 e. The summed E-state index contributed by atoms with van der Waals surface area (Å²) in [6, 6.07) is 3.58. The van der Waals surface area contributed by atoms with Gasteiger partial charge in [-0.15, -0.1) is 0 Å². The van der Waals surface area contributed by atoms with Gasteiger partial charge in [-0.25, -0.2) is 0 Å². The highest BCUT2D eigenvalue weighted by atomic mass is 16.5. The molecule has 0 aliphatic rings. The first kappa shape index (κ1) is 14.8. The van der Waals surface area contributed by atoms with Gasteiger partial charge < -0.3 is 20.3 Å². The Kier molecular flexibility index (Phi) is 4.59. The van der Waals surface area contributed by atoms with Crippen molar-refractivity contribution in [1.29, 1.82) is 0 Å². The number of likely N-dealkylation sites (N-methyl/N-ethyl adjacent to an activating group) is 1. The molecule has 0 aliphatic heterocycles. The van der Waals surface area contributed by atoms with Crippen LogP contribution in [-0.4, -0.2) is 30.9 Å². The zero-order chi connectivity index (χ0) is 13.9. The predicted octanol–water partition coefficient (Wildman–Crippen LogP) is 1.95. The summed E-state index contributed by atoms with van der Waals surface area (Å²) in [7, 11) is 3.25. The maximum absolute atomic E-state index is 10.1. The fourth-order valence-corrected chi connectivity index (χ4v) is 1.84. The molecule has 4 nitrogen and oxygen atoms in total. The van der Waals surface area contributed by atoms with Crippen molar-refractivity contribution in [2.75, 3.05) is 20.7 Å². The quantitative estimate of drug-likeness (QED) is 0.767. The van der Waals surface area contributed by atoms with E-state index in [-0.39, 0.29) is 11.2 Å². The van der Waals surface area contributed by atoms with E-state index in [1.165, 1.54) is 7.11 Å². The smallest absolute Gasteiger partial charge is 0.166 e. The number of phenols is 1. The van der Waals surface area contributed by atoms with E-state index in [1.807, 2.05) is 6.07 Å². The van der Waals surface area contributed by atoms with Crippen LogP contribution in [0.4, 0.5) is 0 Å². The Morgan fingerprint density at radius 3 is 2.39 bits per heavy atom. The molecule has 0 aliphatic carbocycles. The molecule has 0 heterocycles. The van der Waals surface area contributed by atoms with Gasteiger partial charge in [-0.05, 0) is 30.2 Å². The van der Waals surface area contributed by atoms with Crippen LogP contribution >= 0.6 is 0 Å². The Hall–Kier alpha value is -1.26. The number of benzene rings is 1. The van der Waals surface area contributed by atoms with E-state index >= 15 is 0 Å². The van der Waals surface area contributed by atoms with Crippen LogP contribution in [0.15, 0.2) is 12.1 Å². The van der Waals surface area contributed by atoms with Crippen LogP contribution < -0.4 is 10.1 Å². The third kappa shape index (κ3) is 3.15. The van der Waals surface area contributed by atoms with Gasteiger partial charge in [0.25, 0.3) is 0 Å². The van der Waals surface area contributed by atoms with E-state index in [0.29, 0.717) is 17.9 Å². The van der Waals surface area contributed by atoms with Crippen molar-refractivity contribution in [2.24, 2.45) is 0 Å². The first-order valence-electron chi connectivity index (χ1n) is 6.05. The topological polar surface area (TPSA) is 61.7 Å². The first-order chi connectivity index (χ1) is 8.31. The van der Waals surface area contributed by atoms with Crippen molar-refractivity contribution < 1.29 is 14.9 Å². The van der Waals surface area contributed by atoms with E-state index in [0.717, 1.165) is 5.56 Å². The lowest BCUT2D eigenvalue weighted by Gasteiger charge is -2.23. The van der Waals surface area contributed by atoms with Gasteiger partial charge in [0, 0.05) is 12.1 Å². The second-order valence-electron chi connectivity index (χ2n) is 5.44. The number of aliphatic hydroxyl groups is 1. The highest BCUT2D eigenvalue weighted by Gasteiger charge is 2.22. The Morgan fingerprint density at radius 2 is 1.94 bits per heavy atom.